The second kappa shape index (κ2) is 7.90. The van der Waals surface area contributed by atoms with E-state index in [1.165, 1.54) is 12.0 Å². The van der Waals surface area contributed by atoms with Crippen molar-refractivity contribution in [1.29, 1.82) is 0 Å². The number of hydrogen-bond acceptors (Lipinski definition) is 4. The molecule has 24 heavy (non-hydrogen) atoms. The second-order valence-corrected chi connectivity index (χ2v) is 7.45. The third kappa shape index (κ3) is 4.22. The van der Waals surface area contributed by atoms with Crippen LogP contribution in [0.5, 0.6) is 0 Å². The zero-order valence-corrected chi connectivity index (χ0v) is 15.2. The van der Waals surface area contributed by atoms with E-state index in [0.29, 0.717) is 12.3 Å². The minimum atomic E-state index is 0.205. The summed E-state index contributed by atoms with van der Waals surface area (Å²) in [5, 5.41) is 6.23. The van der Waals surface area contributed by atoms with Crippen LogP contribution in [-0.4, -0.2) is 42.5 Å². The fraction of sp³-hybridized carbons (Fsp3) is 0.474. The number of hydrogen-bond donors (Lipinski definition) is 1. The van der Waals surface area contributed by atoms with Gasteiger partial charge in [-0.25, -0.2) is 4.98 Å². The SMILES string of the molecule is CNCC1CCCN(C(=O)Cc2csc(-c3ccc(C)cc3)n2)C1. The van der Waals surface area contributed by atoms with E-state index in [-0.39, 0.29) is 5.91 Å². The normalized spacial score (nSPS) is 17.9. The molecule has 0 spiro atoms. The molecule has 1 N–H and O–H groups in total. The maximum atomic E-state index is 12.6. The van der Waals surface area contributed by atoms with E-state index in [4.69, 9.17) is 0 Å². The number of aromatic nitrogens is 1. The molecule has 0 radical (unpaired) electrons. The summed E-state index contributed by atoms with van der Waals surface area (Å²) in [6, 6.07) is 8.37. The minimum absolute atomic E-state index is 0.205. The molecule has 2 heterocycles. The van der Waals surface area contributed by atoms with Crippen molar-refractivity contribution in [2.75, 3.05) is 26.7 Å². The molecule has 0 bridgehead atoms. The molecule has 1 aromatic heterocycles. The molecule has 1 atom stereocenters. The van der Waals surface area contributed by atoms with Gasteiger partial charge in [-0.1, -0.05) is 29.8 Å². The molecule has 0 aliphatic carbocycles. The average Bonchev–Trinajstić information content (AvgIpc) is 3.04. The van der Waals surface area contributed by atoms with Gasteiger partial charge in [0.25, 0.3) is 0 Å². The van der Waals surface area contributed by atoms with Crippen LogP contribution in [0.15, 0.2) is 29.6 Å². The topological polar surface area (TPSA) is 45.2 Å². The monoisotopic (exact) mass is 343 g/mol. The molecule has 128 valence electrons. The molecule has 1 fully saturated rings. The summed E-state index contributed by atoms with van der Waals surface area (Å²) >= 11 is 1.61. The number of benzene rings is 1. The fourth-order valence-electron chi connectivity index (χ4n) is 3.23. The maximum absolute atomic E-state index is 12.6. The van der Waals surface area contributed by atoms with Crippen molar-refractivity contribution in [3.05, 3.63) is 40.9 Å². The number of nitrogens with zero attached hydrogens (tertiary/aromatic N) is 2. The Morgan fingerprint density at radius 2 is 2.17 bits per heavy atom. The van der Waals surface area contributed by atoms with Crippen molar-refractivity contribution in [3.63, 3.8) is 0 Å². The van der Waals surface area contributed by atoms with E-state index < -0.39 is 0 Å². The summed E-state index contributed by atoms with van der Waals surface area (Å²) in [4.78, 5) is 19.2. The van der Waals surface area contributed by atoms with E-state index in [9.17, 15) is 4.79 Å². The number of likely N-dealkylation sites (tertiary alicyclic amines) is 1. The molecule has 1 unspecified atom stereocenters. The number of amides is 1. The molecule has 1 saturated heterocycles. The Kier molecular flexibility index (Phi) is 5.63. The molecular formula is C19H25N3OS. The predicted molar refractivity (Wildman–Crippen MR) is 99.2 cm³/mol. The van der Waals surface area contributed by atoms with Crippen molar-refractivity contribution in [2.24, 2.45) is 5.92 Å². The van der Waals surface area contributed by atoms with E-state index in [1.807, 2.05) is 17.3 Å². The Bertz CT molecular complexity index is 678. The summed E-state index contributed by atoms with van der Waals surface area (Å²) < 4.78 is 0. The Hall–Kier alpha value is -1.72. The second-order valence-electron chi connectivity index (χ2n) is 6.59. The van der Waals surface area contributed by atoms with E-state index in [0.717, 1.165) is 42.3 Å². The van der Waals surface area contributed by atoms with Gasteiger partial charge in [0.05, 0.1) is 12.1 Å². The predicted octanol–water partition coefficient (Wildman–Crippen LogP) is 3.12. The maximum Gasteiger partial charge on any atom is 0.228 e. The third-order valence-corrected chi connectivity index (χ3v) is 5.49. The molecule has 2 aromatic rings. The van der Waals surface area contributed by atoms with Crippen LogP contribution in [0.3, 0.4) is 0 Å². The first-order valence-corrected chi connectivity index (χ1v) is 9.47. The quantitative estimate of drug-likeness (QED) is 0.907. The summed E-state index contributed by atoms with van der Waals surface area (Å²) in [7, 11) is 1.97. The van der Waals surface area contributed by atoms with Gasteiger partial charge in [0.15, 0.2) is 0 Å². The number of rotatable bonds is 5. The van der Waals surface area contributed by atoms with Crippen molar-refractivity contribution < 1.29 is 4.79 Å². The summed E-state index contributed by atoms with van der Waals surface area (Å²) in [5.74, 6) is 0.780. The highest BCUT2D eigenvalue weighted by Crippen LogP contribution is 2.25. The van der Waals surface area contributed by atoms with Gasteiger partial charge in [0.1, 0.15) is 5.01 Å². The molecular weight excluding hydrogens is 318 g/mol. The van der Waals surface area contributed by atoms with Crippen LogP contribution in [0.4, 0.5) is 0 Å². The van der Waals surface area contributed by atoms with Gasteiger partial charge < -0.3 is 10.2 Å². The van der Waals surface area contributed by atoms with Gasteiger partial charge >= 0.3 is 0 Å². The minimum Gasteiger partial charge on any atom is -0.342 e. The number of carbonyl (C=O) groups is 1. The molecule has 1 amide bonds. The largest absolute Gasteiger partial charge is 0.342 e. The van der Waals surface area contributed by atoms with Crippen LogP contribution in [0.2, 0.25) is 0 Å². The number of piperidine rings is 1. The van der Waals surface area contributed by atoms with Crippen LogP contribution in [0.1, 0.15) is 24.1 Å². The lowest BCUT2D eigenvalue weighted by Crippen LogP contribution is -2.43. The first-order chi connectivity index (χ1) is 11.7. The van der Waals surface area contributed by atoms with Crippen molar-refractivity contribution in [1.82, 2.24) is 15.2 Å². The Balaban J connectivity index is 1.61. The molecule has 5 heteroatoms. The van der Waals surface area contributed by atoms with E-state index in [1.54, 1.807) is 11.3 Å². The summed E-state index contributed by atoms with van der Waals surface area (Å²) in [5.41, 5.74) is 3.25. The number of aryl methyl sites for hydroxylation is 1. The van der Waals surface area contributed by atoms with Crippen molar-refractivity contribution in [3.8, 4) is 10.6 Å². The molecule has 1 aliphatic heterocycles. The Labute approximate surface area is 147 Å². The smallest absolute Gasteiger partial charge is 0.228 e. The van der Waals surface area contributed by atoms with Gasteiger partial charge in [-0.2, -0.15) is 0 Å². The van der Waals surface area contributed by atoms with Crippen LogP contribution in [-0.2, 0) is 11.2 Å². The van der Waals surface area contributed by atoms with E-state index >= 15 is 0 Å². The first-order valence-electron chi connectivity index (χ1n) is 8.59. The van der Waals surface area contributed by atoms with Gasteiger partial charge in [-0.15, -0.1) is 11.3 Å². The highest BCUT2D eigenvalue weighted by atomic mass is 32.1. The first kappa shape index (κ1) is 17.1. The summed E-state index contributed by atoms with van der Waals surface area (Å²) in [6.07, 6.45) is 2.72. The molecule has 1 aliphatic rings. The van der Waals surface area contributed by atoms with Gasteiger partial charge in [-0.3, -0.25) is 4.79 Å². The van der Waals surface area contributed by atoms with E-state index in [2.05, 4.69) is 41.5 Å². The van der Waals surface area contributed by atoms with Crippen molar-refractivity contribution >= 4 is 17.2 Å². The molecule has 1 aromatic carbocycles. The lowest BCUT2D eigenvalue weighted by molar-refractivity contribution is -0.132. The lowest BCUT2D eigenvalue weighted by atomic mass is 9.97. The van der Waals surface area contributed by atoms with Crippen LogP contribution < -0.4 is 5.32 Å². The standard InChI is InChI=1S/C19H25N3OS/c1-14-5-7-16(8-6-14)19-21-17(13-24-19)10-18(23)22-9-3-4-15(12-22)11-20-2/h5-8,13,15,20H,3-4,9-12H2,1-2H3. The van der Waals surface area contributed by atoms with Crippen molar-refractivity contribution in [2.45, 2.75) is 26.2 Å². The fourth-order valence-corrected chi connectivity index (χ4v) is 4.06. The highest BCUT2D eigenvalue weighted by molar-refractivity contribution is 7.13. The molecule has 0 saturated carbocycles. The number of nitrogens with one attached hydrogen (secondary N) is 1. The zero-order chi connectivity index (χ0) is 16.9. The van der Waals surface area contributed by atoms with Crippen LogP contribution in [0.25, 0.3) is 10.6 Å². The van der Waals surface area contributed by atoms with Crippen LogP contribution >= 0.6 is 11.3 Å². The lowest BCUT2D eigenvalue weighted by Gasteiger charge is -2.32. The molecule has 4 nitrogen and oxygen atoms in total. The number of thiazole rings is 1. The summed E-state index contributed by atoms with van der Waals surface area (Å²) in [6.45, 7) is 4.82. The zero-order valence-electron chi connectivity index (χ0n) is 14.4. The third-order valence-electron chi connectivity index (χ3n) is 4.55. The number of carbonyl (C=O) groups excluding carboxylic acids is 1. The highest BCUT2D eigenvalue weighted by Gasteiger charge is 2.23. The Morgan fingerprint density at radius 3 is 2.92 bits per heavy atom. The van der Waals surface area contributed by atoms with Gasteiger partial charge in [-0.05, 0) is 39.3 Å². The van der Waals surface area contributed by atoms with Gasteiger partial charge in [0.2, 0.25) is 5.91 Å². The average molecular weight is 343 g/mol. The molecule has 3 rings (SSSR count). The van der Waals surface area contributed by atoms with Crippen LogP contribution in [0, 0.1) is 12.8 Å². The van der Waals surface area contributed by atoms with Gasteiger partial charge in [0, 0.05) is 24.0 Å². The Morgan fingerprint density at radius 1 is 1.38 bits per heavy atom.